The lowest BCUT2D eigenvalue weighted by Crippen LogP contribution is -2.29. The lowest BCUT2D eigenvalue weighted by Gasteiger charge is -2.24. The van der Waals surface area contributed by atoms with E-state index in [1.54, 1.807) is 12.1 Å². The number of benzene rings is 2. The van der Waals surface area contributed by atoms with Gasteiger partial charge in [-0.25, -0.2) is 8.78 Å². The summed E-state index contributed by atoms with van der Waals surface area (Å²) in [6.45, 7) is 0. The number of fused-ring (bicyclic) bond motifs is 2. The Morgan fingerprint density at radius 3 is 2.40 bits per heavy atom. The van der Waals surface area contributed by atoms with Crippen LogP contribution in [0.1, 0.15) is 36.8 Å². The molecule has 3 nitrogen and oxygen atoms in total. The summed E-state index contributed by atoms with van der Waals surface area (Å²) in [4.78, 5) is 12.7. The third-order valence-corrected chi connectivity index (χ3v) is 6.64. The molecule has 5 atom stereocenters. The van der Waals surface area contributed by atoms with Crippen LogP contribution < -0.4 is 0 Å². The molecule has 0 aliphatic heterocycles. The number of rotatable bonds is 6. The molecule has 2 saturated carbocycles. The van der Waals surface area contributed by atoms with Crippen LogP contribution in [0, 0.1) is 52.2 Å². The summed E-state index contributed by atoms with van der Waals surface area (Å²) < 4.78 is 27.8. The fraction of sp³-hybridized carbons (Fsp3) is 0.400. The maximum Gasteiger partial charge on any atom is 0.141 e. The lowest BCUT2D eigenvalue weighted by molar-refractivity contribution is -0.125. The van der Waals surface area contributed by atoms with Gasteiger partial charge in [0.2, 0.25) is 0 Å². The molecule has 0 unspecified atom stereocenters. The van der Waals surface area contributed by atoms with Crippen molar-refractivity contribution in [2.24, 2.45) is 23.7 Å². The van der Waals surface area contributed by atoms with E-state index in [4.69, 9.17) is 5.26 Å². The van der Waals surface area contributed by atoms with Crippen LogP contribution in [-0.2, 0) is 11.2 Å². The molecular formula is C25H22F2N2O. The number of carbonyl (C=O) groups excluding carboxylic acids is 1. The highest BCUT2D eigenvalue weighted by molar-refractivity contribution is 5.82. The topological polar surface area (TPSA) is 64.7 Å². The van der Waals surface area contributed by atoms with Gasteiger partial charge in [-0.2, -0.15) is 10.5 Å². The number of Topliss-reactive ketones (excluding diaryl/α,β-unsaturated/α-hetero) is 1. The highest BCUT2D eigenvalue weighted by Gasteiger charge is 2.49. The Labute approximate surface area is 174 Å². The van der Waals surface area contributed by atoms with E-state index < -0.39 is 17.9 Å². The molecule has 0 heterocycles. The van der Waals surface area contributed by atoms with Crippen LogP contribution >= 0.6 is 0 Å². The smallest absolute Gasteiger partial charge is 0.141 e. The Hall–Kier alpha value is -3.05. The molecule has 0 aromatic heterocycles. The third kappa shape index (κ3) is 3.98. The number of halogens is 2. The van der Waals surface area contributed by atoms with E-state index >= 15 is 0 Å². The van der Waals surface area contributed by atoms with Crippen molar-refractivity contribution in [2.75, 3.05) is 0 Å². The highest BCUT2D eigenvalue weighted by Crippen LogP contribution is 2.50. The van der Waals surface area contributed by atoms with Crippen molar-refractivity contribution in [1.29, 1.82) is 10.5 Å². The van der Waals surface area contributed by atoms with Gasteiger partial charge in [-0.15, -0.1) is 0 Å². The first kappa shape index (κ1) is 20.2. The van der Waals surface area contributed by atoms with Crippen LogP contribution in [0.5, 0.6) is 0 Å². The zero-order chi connectivity index (χ0) is 21.3. The predicted octanol–water partition coefficient (Wildman–Crippen LogP) is 5.39. The molecule has 2 aliphatic carbocycles. The van der Waals surface area contributed by atoms with Crippen molar-refractivity contribution >= 4 is 5.78 Å². The number of hydrogen-bond donors (Lipinski definition) is 0. The molecule has 5 heteroatoms. The van der Waals surface area contributed by atoms with E-state index in [-0.39, 0.29) is 29.6 Å². The van der Waals surface area contributed by atoms with Gasteiger partial charge in [0.25, 0.3) is 0 Å². The molecule has 0 radical (unpaired) electrons. The van der Waals surface area contributed by atoms with Crippen molar-refractivity contribution < 1.29 is 13.6 Å². The van der Waals surface area contributed by atoms with Gasteiger partial charge in [0.15, 0.2) is 0 Å². The van der Waals surface area contributed by atoms with Gasteiger partial charge in [0.05, 0.1) is 17.6 Å². The zero-order valence-electron chi connectivity index (χ0n) is 16.5. The van der Waals surface area contributed by atoms with Crippen LogP contribution in [0.25, 0.3) is 11.1 Å². The summed E-state index contributed by atoms with van der Waals surface area (Å²) in [6.07, 6.45) is 1.93. The molecule has 2 aromatic rings. The molecule has 0 spiro atoms. The normalized spacial score (nSPS) is 25.5. The first-order valence-electron chi connectivity index (χ1n) is 10.3. The van der Waals surface area contributed by atoms with Gasteiger partial charge in [-0.1, -0.05) is 30.3 Å². The minimum absolute atomic E-state index is 0.00599. The second-order valence-electron chi connectivity index (χ2n) is 8.56. The number of nitriles is 2. The number of nitrogens with zero attached hydrogens (tertiary/aromatic N) is 2. The Morgan fingerprint density at radius 1 is 1.07 bits per heavy atom. The molecule has 152 valence electrons. The Balaban J connectivity index is 1.39. The van der Waals surface area contributed by atoms with Crippen molar-refractivity contribution in [1.82, 2.24) is 0 Å². The fourth-order valence-electron chi connectivity index (χ4n) is 5.10. The van der Waals surface area contributed by atoms with Gasteiger partial charge in [-0.3, -0.25) is 4.79 Å². The molecule has 2 aliphatic rings. The molecule has 0 amide bonds. The van der Waals surface area contributed by atoms with Crippen LogP contribution in [0.15, 0.2) is 42.5 Å². The molecule has 0 saturated heterocycles. The second-order valence-corrected chi connectivity index (χ2v) is 8.56. The molecule has 2 bridgehead atoms. The van der Waals surface area contributed by atoms with E-state index in [1.165, 1.54) is 12.1 Å². The monoisotopic (exact) mass is 404 g/mol. The second kappa shape index (κ2) is 8.36. The van der Waals surface area contributed by atoms with E-state index in [0.29, 0.717) is 24.3 Å². The number of carbonyl (C=O) groups is 1. The summed E-state index contributed by atoms with van der Waals surface area (Å²) in [5, 5.41) is 18.4. The minimum atomic E-state index is -0.863. The van der Waals surface area contributed by atoms with Gasteiger partial charge in [-0.05, 0) is 60.4 Å². The van der Waals surface area contributed by atoms with Gasteiger partial charge in [0, 0.05) is 18.3 Å². The highest BCUT2D eigenvalue weighted by atomic mass is 19.1. The van der Waals surface area contributed by atoms with E-state index in [2.05, 4.69) is 6.07 Å². The fourth-order valence-corrected chi connectivity index (χ4v) is 5.10. The summed E-state index contributed by atoms with van der Waals surface area (Å²) in [6, 6.07) is 15.9. The van der Waals surface area contributed by atoms with Crippen LogP contribution in [-0.4, -0.2) is 12.0 Å². The average molecular weight is 404 g/mol. The summed E-state index contributed by atoms with van der Waals surface area (Å²) in [7, 11) is 0. The third-order valence-electron chi connectivity index (χ3n) is 6.64. The molecule has 2 fully saturated rings. The SMILES string of the molecule is N#Cc1ccc(-c2ccc(C[C@@H](C#N)CC(=O)[C@H]3C[C@H]4C[C@@H]3[C@@H](F)C4)cc2)cc1F. The molecular weight excluding hydrogens is 382 g/mol. The average Bonchev–Trinajstić information content (AvgIpc) is 3.33. The molecule has 2 aromatic carbocycles. The zero-order valence-corrected chi connectivity index (χ0v) is 16.5. The van der Waals surface area contributed by atoms with E-state index in [9.17, 15) is 18.8 Å². The molecule has 30 heavy (non-hydrogen) atoms. The van der Waals surface area contributed by atoms with Crippen LogP contribution in [0.4, 0.5) is 8.78 Å². The minimum Gasteiger partial charge on any atom is -0.299 e. The van der Waals surface area contributed by atoms with Crippen molar-refractivity contribution in [3.8, 4) is 23.3 Å². The first-order chi connectivity index (χ1) is 14.5. The van der Waals surface area contributed by atoms with Crippen LogP contribution in [0.2, 0.25) is 0 Å². The predicted molar refractivity (Wildman–Crippen MR) is 108 cm³/mol. The number of ketones is 1. The maximum atomic E-state index is 14.0. The van der Waals surface area contributed by atoms with Gasteiger partial charge >= 0.3 is 0 Å². The number of alkyl halides is 1. The standard InChI is InChI=1S/C25H22F2N2O/c26-23-12-19(5-6-20(23)14-29)18-3-1-15(2-4-18)7-17(13-28)11-25(30)22-9-16-8-21(22)24(27)10-16/h1-6,12,16-17,21-22,24H,7-11H2/t16-,17-,21+,22+,24+/m1/s1. The number of hydrogen-bond acceptors (Lipinski definition) is 3. The van der Waals surface area contributed by atoms with E-state index in [1.807, 2.05) is 24.3 Å². The van der Waals surface area contributed by atoms with Crippen molar-refractivity contribution in [3.05, 3.63) is 59.4 Å². The summed E-state index contributed by atoms with van der Waals surface area (Å²) >= 11 is 0. The summed E-state index contributed by atoms with van der Waals surface area (Å²) in [5.74, 6) is -0.997. The van der Waals surface area contributed by atoms with E-state index in [0.717, 1.165) is 24.0 Å². The largest absolute Gasteiger partial charge is 0.299 e. The van der Waals surface area contributed by atoms with Crippen molar-refractivity contribution in [3.63, 3.8) is 0 Å². The quantitative estimate of drug-likeness (QED) is 0.648. The Morgan fingerprint density at radius 2 is 1.80 bits per heavy atom. The lowest BCUT2D eigenvalue weighted by atomic mass is 9.81. The summed E-state index contributed by atoms with van der Waals surface area (Å²) in [5.41, 5.74) is 2.40. The van der Waals surface area contributed by atoms with Gasteiger partial charge in [0.1, 0.15) is 23.8 Å². The van der Waals surface area contributed by atoms with Crippen molar-refractivity contribution in [2.45, 2.75) is 38.3 Å². The Kier molecular flexibility index (Phi) is 5.64. The van der Waals surface area contributed by atoms with Crippen LogP contribution in [0.3, 0.4) is 0 Å². The van der Waals surface area contributed by atoms with Gasteiger partial charge < -0.3 is 0 Å². The molecule has 4 rings (SSSR count). The maximum absolute atomic E-state index is 14.0. The Bertz CT molecular complexity index is 1030. The first-order valence-corrected chi connectivity index (χ1v) is 10.3. The molecule has 0 N–H and O–H groups in total.